The van der Waals surface area contributed by atoms with Crippen molar-refractivity contribution < 1.29 is 9.59 Å². The maximum absolute atomic E-state index is 13.2. The minimum Gasteiger partial charge on any atom is -0.361 e. The van der Waals surface area contributed by atoms with Crippen molar-refractivity contribution in [2.24, 2.45) is 16.7 Å². The summed E-state index contributed by atoms with van der Waals surface area (Å²) in [5.41, 5.74) is 1.51. The fourth-order valence-electron chi connectivity index (χ4n) is 6.30. The Morgan fingerprint density at radius 2 is 1.93 bits per heavy atom. The molecule has 2 amide bonds. The first kappa shape index (κ1) is 19.6. The van der Waals surface area contributed by atoms with Gasteiger partial charge in [0.05, 0.1) is 5.41 Å². The molecule has 160 valence electrons. The van der Waals surface area contributed by atoms with Crippen molar-refractivity contribution in [3.63, 3.8) is 0 Å². The number of H-pyrrole nitrogens is 1. The third-order valence-electron chi connectivity index (χ3n) is 7.74. The third-order valence-corrected chi connectivity index (χ3v) is 7.74. The second-order valence-corrected chi connectivity index (χ2v) is 10.0. The van der Waals surface area contributed by atoms with Gasteiger partial charge in [-0.25, -0.2) is 0 Å². The molecule has 30 heavy (non-hydrogen) atoms. The average molecular weight is 409 g/mol. The molecule has 5 rings (SSSR count). The van der Waals surface area contributed by atoms with Gasteiger partial charge in [-0.1, -0.05) is 13.8 Å². The van der Waals surface area contributed by atoms with E-state index in [1.807, 2.05) is 35.4 Å². The van der Waals surface area contributed by atoms with Gasteiger partial charge in [-0.3, -0.25) is 9.59 Å². The highest BCUT2D eigenvalue weighted by Gasteiger charge is 2.63. The van der Waals surface area contributed by atoms with Gasteiger partial charge in [-0.05, 0) is 49.4 Å². The van der Waals surface area contributed by atoms with Crippen LogP contribution in [-0.2, 0) is 4.79 Å². The Bertz CT molecular complexity index is 972. The lowest BCUT2D eigenvalue weighted by atomic mass is 9.60. The molecule has 1 atom stereocenters. The number of carbonyl (C=O) groups excluding carboxylic acids is 2. The number of hydrogen-bond donors (Lipinski definition) is 2. The Balaban J connectivity index is 1.35. The summed E-state index contributed by atoms with van der Waals surface area (Å²) in [5, 5.41) is 4.19. The van der Waals surface area contributed by atoms with Crippen LogP contribution >= 0.6 is 0 Å². The van der Waals surface area contributed by atoms with Gasteiger partial charge >= 0.3 is 0 Å². The molecule has 0 bridgehead atoms. The Kier molecular flexibility index (Phi) is 4.65. The number of nitrogens with one attached hydrogen (secondary N) is 2. The predicted octanol–water partition coefficient (Wildman–Crippen LogP) is 2.87. The number of aromatic amines is 1. The van der Waals surface area contributed by atoms with Crippen LogP contribution in [0.5, 0.6) is 0 Å². The number of fused-ring (bicyclic) bond motifs is 2. The number of amides is 2. The lowest BCUT2D eigenvalue weighted by Gasteiger charge is -2.46. The fourth-order valence-corrected chi connectivity index (χ4v) is 6.30. The van der Waals surface area contributed by atoms with E-state index in [4.69, 9.17) is 0 Å². The number of piperidine rings is 1. The topological polar surface area (TPSA) is 68.4 Å². The maximum Gasteiger partial charge on any atom is 0.253 e. The molecule has 2 aromatic rings. The Morgan fingerprint density at radius 3 is 2.63 bits per heavy atom. The van der Waals surface area contributed by atoms with E-state index in [1.54, 1.807) is 0 Å². The van der Waals surface area contributed by atoms with E-state index in [9.17, 15) is 9.59 Å². The summed E-state index contributed by atoms with van der Waals surface area (Å²) < 4.78 is 0. The molecule has 1 unspecified atom stereocenters. The quantitative estimate of drug-likeness (QED) is 0.821. The number of nitrogens with zero attached hydrogens (tertiary/aromatic N) is 2. The van der Waals surface area contributed by atoms with Crippen LogP contribution in [0.15, 0.2) is 30.5 Å². The zero-order chi connectivity index (χ0) is 20.9. The first-order valence-electron chi connectivity index (χ1n) is 11.3. The number of likely N-dealkylation sites (tertiary alicyclic amines) is 2. The number of hydrogen-bond acceptors (Lipinski definition) is 3. The van der Waals surface area contributed by atoms with Crippen molar-refractivity contribution in [3.8, 4) is 0 Å². The smallest absolute Gasteiger partial charge is 0.253 e. The highest BCUT2D eigenvalue weighted by atomic mass is 16.2. The molecule has 0 saturated carbocycles. The van der Waals surface area contributed by atoms with Crippen LogP contribution in [0.3, 0.4) is 0 Å². The molecule has 2 N–H and O–H groups in total. The van der Waals surface area contributed by atoms with Gasteiger partial charge < -0.3 is 20.1 Å². The highest BCUT2D eigenvalue weighted by molar-refractivity contribution is 5.98. The van der Waals surface area contributed by atoms with Crippen molar-refractivity contribution >= 4 is 22.7 Å². The van der Waals surface area contributed by atoms with Gasteiger partial charge in [0, 0.05) is 67.3 Å². The highest BCUT2D eigenvalue weighted by Crippen LogP contribution is 2.56. The molecule has 0 radical (unpaired) electrons. The zero-order valence-electron chi connectivity index (χ0n) is 18.0. The van der Waals surface area contributed by atoms with Gasteiger partial charge in [0.25, 0.3) is 5.91 Å². The predicted molar refractivity (Wildman–Crippen MR) is 117 cm³/mol. The summed E-state index contributed by atoms with van der Waals surface area (Å²) in [5.74, 6) is 0.938. The van der Waals surface area contributed by atoms with E-state index < -0.39 is 0 Å². The minimum absolute atomic E-state index is 0.0101. The minimum atomic E-state index is -0.277. The largest absolute Gasteiger partial charge is 0.361 e. The third kappa shape index (κ3) is 2.96. The van der Waals surface area contributed by atoms with E-state index in [1.165, 1.54) is 0 Å². The van der Waals surface area contributed by atoms with Crippen molar-refractivity contribution in [1.29, 1.82) is 0 Å². The molecule has 3 fully saturated rings. The summed E-state index contributed by atoms with van der Waals surface area (Å²) in [6, 6.07) is 7.87. The second-order valence-electron chi connectivity index (χ2n) is 10.0. The second kappa shape index (κ2) is 7.12. The fraction of sp³-hybridized carbons (Fsp3) is 0.583. The zero-order valence-corrected chi connectivity index (χ0v) is 18.0. The van der Waals surface area contributed by atoms with Gasteiger partial charge in [0.1, 0.15) is 0 Å². The van der Waals surface area contributed by atoms with Crippen LogP contribution in [-0.4, -0.2) is 65.9 Å². The number of rotatable bonds is 3. The van der Waals surface area contributed by atoms with E-state index in [-0.39, 0.29) is 22.6 Å². The van der Waals surface area contributed by atoms with Crippen LogP contribution in [0, 0.1) is 16.7 Å². The summed E-state index contributed by atoms with van der Waals surface area (Å²) in [6.45, 7) is 9.63. The van der Waals surface area contributed by atoms with E-state index in [0.29, 0.717) is 5.92 Å². The molecule has 3 saturated heterocycles. The van der Waals surface area contributed by atoms with Crippen molar-refractivity contribution in [2.75, 3.05) is 39.3 Å². The number of benzene rings is 1. The first-order valence-corrected chi connectivity index (χ1v) is 11.3. The van der Waals surface area contributed by atoms with Gasteiger partial charge in [-0.15, -0.1) is 0 Å². The van der Waals surface area contributed by atoms with Crippen LogP contribution in [0.25, 0.3) is 10.9 Å². The summed E-state index contributed by atoms with van der Waals surface area (Å²) in [6.07, 6.45) is 4.65. The van der Waals surface area contributed by atoms with Gasteiger partial charge in [-0.2, -0.15) is 0 Å². The van der Waals surface area contributed by atoms with Crippen molar-refractivity contribution in [1.82, 2.24) is 20.1 Å². The molecular formula is C24H32N4O2. The molecule has 6 nitrogen and oxygen atoms in total. The van der Waals surface area contributed by atoms with Crippen LogP contribution in [0.2, 0.25) is 0 Å². The maximum atomic E-state index is 13.2. The molecule has 3 aliphatic rings. The summed E-state index contributed by atoms with van der Waals surface area (Å²) in [7, 11) is 0. The monoisotopic (exact) mass is 408 g/mol. The Hall–Kier alpha value is -2.34. The van der Waals surface area contributed by atoms with Crippen LogP contribution < -0.4 is 5.32 Å². The first-order chi connectivity index (χ1) is 14.4. The molecule has 4 heterocycles. The average Bonchev–Trinajstić information content (AvgIpc) is 3.41. The van der Waals surface area contributed by atoms with E-state index >= 15 is 0 Å². The van der Waals surface area contributed by atoms with Gasteiger partial charge in [0.15, 0.2) is 0 Å². The van der Waals surface area contributed by atoms with Gasteiger partial charge in [0.2, 0.25) is 5.91 Å². The van der Waals surface area contributed by atoms with E-state index in [2.05, 4.69) is 29.0 Å². The van der Waals surface area contributed by atoms with Crippen molar-refractivity contribution in [3.05, 3.63) is 36.0 Å². The van der Waals surface area contributed by atoms with Crippen LogP contribution in [0.4, 0.5) is 0 Å². The lowest BCUT2D eigenvalue weighted by molar-refractivity contribution is -0.133. The van der Waals surface area contributed by atoms with E-state index in [0.717, 1.165) is 75.0 Å². The Morgan fingerprint density at radius 1 is 1.13 bits per heavy atom. The SMILES string of the molecule is CC(C)CN1CC2(CCN(C(=O)c3ccc4[nH]ccc4c3)CC2)C2(CCNC2=O)C1. The normalized spacial score (nSPS) is 26.4. The van der Waals surface area contributed by atoms with Crippen molar-refractivity contribution in [2.45, 2.75) is 33.1 Å². The number of aromatic nitrogens is 1. The molecule has 6 heteroatoms. The molecular weight excluding hydrogens is 376 g/mol. The van der Waals surface area contributed by atoms with Crippen LogP contribution in [0.1, 0.15) is 43.5 Å². The Labute approximate surface area is 178 Å². The molecule has 0 aliphatic carbocycles. The summed E-state index contributed by atoms with van der Waals surface area (Å²) >= 11 is 0. The molecule has 1 aromatic carbocycles. The molecule has 2 spiro atoms. The number of carbonyl (C=O) groups is 2. The lowest BCUT2D eigenvalue weighted by Crippen LogP contribution is -2.53. The molecule has 3 aliphatic heterocycles. The summed E-state index contributed by atoms with van der Waals surface area (Å²) in [4.78, 5) is 33.9. The standard InChI is InChI=1S/C24H32N4O2/c1-17(2)14-27-15-23(24(16-27)6-10-26-22(24)30)7-11-28(12-8-23)21(29)19-3-4-20-18(13-19)5-9-25-20/h3-5,9,13,17,25H,6-8,10-12,14-16H2,1-2H3,(H,26,30). The molecule has 1 aromatic heterocycles.